The summed E-state index contributed by atoms with van der Waals surface area (Å²) in [5.41, 5.74) is -1.05. The minimum absolute atomic E-state index is 0.0171. The lowest BCUT2D eigenvalue weighted by Gasteiger charge is -2.35. The van der Waals surface area contributed by atoms with E-state index in [9.17, 15) is 29.4 Å². The number of rotatable bonds is 16. The normalized spacial score (nSPS) is 27.1. The highest BCUT2D eigenvalue weighted by Gasteiger charge is 2.61. The van der Waals surface area contributed by atoms with E-state index < -0.39 is 53.0 Å². The Morgan fingerprint density at radius 3 is 2.43 bits per heavy atom. The van der Waals surface area contributed by atoms with Crippen LogP contribution in [0.3, 0.4) is 0 Å². The number of morpholine rings is 1. The SMILES string of the molecule is CC[C@@H]1CC1(NC(=O)[C@@H]1C[C@@H](Oc2cc(-c3csc(NC(C)C)n3)nc3c(O)c(OCCN4CCOCC4)ccc23)CN1C(=O)[C@@H](NC(=O)O[C@@H]1C[C@@H]2C[C@@H]2C1)C(C)(C)C)C(=O)O. The summed E-state index contributed by atoms with van der Waals surface area (Å²) < 4.78 is 24.1. The van der Waals surface area contributed by atoms with Crippen molar-refractivity contribution in [3.05, 3.63) is 23.6 Å². The van der Waals surface area contributed by atoms with E-state index in [1.807, 2.05) is 46.9 Å². The lowest BCUT2D eigenvalue weighted by atomic mass is 9.85. The van der Waals surface area contributed by atoms with Gasteiger partial charge in [-0.15, -0.1) is 11.3 Å². The maximum absolute atomic E-state index is 14.8. The van der Waals surface area contributed by atoms with E-state index in [1.54, 1.807) is 18.2 Å². The minimum atomic E-state index is -1.43. The van der Waals surface area contributed by atoms with Crippen molar-refractivity contribution in [2.24, 2.45) is 23.2 Å². The molecule has 0 bridgehead atoms. The summed E-state index contributed by atoms with van der Waals surface area (Å²) in [6, 6.07) is 3.08. The molecule has 3 aliphatic carbocycles. The third-order valence-corrected chi connectivity index (χ3v) is 13.9. The molecule has 2 saturated heterocycles. The summed E-state index contributed by atoms with van der Waals surface area (Å²) in [5, 5.41) is 33.9. The molecule has 342 valence electrons. The Hall–Kier alpha value is -4.94. The molecule has 1 unspecified atom stereocenters. The van der Waals surface area contributed by atoms with Gasteiger partial charge in [0.1, 0.15) is 53.4 Å². The number of nitrogens with zero attached hydrogens (tertiary/aromatic N) is 4. The molecule has 0 radical (unpaired) electrons. The summed E-state index contributed by atoms with van der Waals surface area (Å²) in [4.78, 5) is 68.2. The largest absolute Gasteiger partial charge is 0.503 e. The minimum Gasteiger partial charge on any atom is -0.503 e. The number of aromatic hydroxyl groups is 1. The summed E-state index contributed by atoms with van der Waals surface area (Å²) in [7, 11) is 0. The smallest absolute Gasteiger partial charge is 0.408 e. The van der Waals surface area contributed by atoms with Gasteiger partial charge in [-0.25, -0.2) is 19.6 Å². The molecular formula is C45H61N7O10S. The number of thiazole rings is 1. The molecule has 1 aromatic carbocycles. The number of anilines is 1. The summed E-state index contributed by atoms with van der Waals surface area (Å²) in [6.07, 6.45) is 1.99. The van der Waals surface area contributed by atoms with E-state index in [0.29, 0.717) is 72.3 Å². The van der Waals surface area contributed by atoms with E-state index in [4.69, 9.17) is 28.9 Å². The number of ether oxygens (including phenoxy) is 4. The van der Waals surface area contributed by atoms with Gasteiger partial charge in [0.15, 0.2) is 16.6 Å². The lowest BCUT2D eigenvalue weighted by Crippen LogP contribution is -2.59. The first-order chi connectivity index (χ1) is 30.0. The Labute approximate surface area is 371 Å². The molecule has 63 heavy (non-hydrogen) atoms. The average Bonchev–Trinajstić information content (AvgIpc) is 3.91. The molecule has 2 aliphatic heterocycles. The number of carbonyl (C=O) groups is 4. The quantitative estimate of drug-likeness (QED) is 0.124. The Bertz CT molecular complexity index is 2200. The van der Waals surface area contributed by atoms with Gasteiger partial charge in [0, 0.05) is 48.9 Å². The molecule has 18 heteroatoms. The van der Waals surface area contributed by atoms with Crippen LogP contribution in [-0.4, -0.2) is 136 Å². The van der Waals surface area contributed by atoms with Gasteiger partial charge >= 0.3 is 12.1 Å². The number of likely N-dealkylation sites (tertiary alicyclic amines) is 1. The molecule has 3 saturated carbocycles. The number of benzene rings is 1. The number of alkyl carbamates (subject to hydrolysis) is 1. The summed E-state index contributed by atoms with van der Waals surface area (Å²) in [6.45, 7) is 15.2. The van der Waals surface area contributed by atoms with Crippen molar-refractivity contribution in [2.45, 2.75) is 116 Å². The van der Waals surface area contributed by atoms with Crippen molar-refractivity contribution >= 4 is 51.2 Å². The second-order valence-electron chi connectivity index (χ2n) is 19.2. The number of aromatic nitrogens is 2. The van der Waals surface area contributed by atoms with Crippen LogP contribution in [-0.2, 0) is 23.9 Å². The molecule has 5 aliphatic rings. The van der Waals surface area contributed by atoms with E-state index in [-0.39, 0.29) is 54.5 Å². The van der Waals surface area contributed by atoms with Crippen molar-refractivity contribution < 1.29 is 48.3 Å². The third kappa shape index (κ3) is 9.77. The molecule has 8 rings (SSSR count). The van der Waals surface area contributed by atoms with Gasteiger partial charge in [0.25, 0.3) is 0 Å². The fourth-order valence-corrected chi connectivity index (χ4v) is 10.3. The van der Waals surface area contributed by atoms with Crippen molar-refractivity contribution in [1.82, 2.24) is 30.4 Å². The van der Waals surface area contributed by atoms with E-state index in [2.05, 4.69) is 20.9 Å². The number of carbonyl (C=O) groups excluding carboxylic acids is 3. The van der Waals surface area contributed by atoms with Crippen LogP contribution in [0.15, 0.2) is 23.6 Å². The van der Waals surface area contributed by atoms with Crippen molar-refractivity contribution in [3.8, 4) is 28.6 Å². The zero-order valence-corrected chi connectivity index (χ0v) is 37.8. The van der Waals surface area contributed by atoms with Crippen LogP contribution in [0.25, 0.3) is 22.3 Å². The van der Waals surface area contributed by atoms with Gasteiger partial charge in [-0.2, -0.15) is 0 Å². The summed E-state index contributed by atoms with van der Waals surface area (Å²) >= 11 is 1.42. The Morgan fingerprint density at radius 2 is 1.76 bits per heavy atom. The van der Waals surface area contributed by atoms with E-state index in [1.165, 1.54) is 22.7 Å². The highest BCUT2D eigenvalue weighted by Crippen LogP contribution is 2.52. The number of amides is 3. The average molecular weight is 892 g/mol. The number of aliphatic carboxylic acids is 1. The second-order valence-corrected chi connectivity index (χ2v) is 20.1. The Kier molecular flexibility index (Phi) is 12.7. The van der Waals surface area contributed by atoms with Gasteiger partial charge in [0.05, 0.1) is 25.5 Å². The molecule has 3 aromatic rings. The van der Waals surface area contributed by atoms with Crippen LogP contribution in [0.5, 0.6) is 17.2 Å². The van der Waals surface area contributed by atoms with Crippen LogP contribution in [0.1, 0.15) is 80.1 Å². The number of nitrogens with one attached hydrogen (secondary N) is 3. The molecule has 17 nitrogen and oxygen atoms in total. The number of pyridine rings is 1. The molecule has 2 aromatic heterocycles. The number of carboxylic acids is 1. The van der Waals surface area contributed by atoms with Gasteiger partial charge in [0.2, 0.25) is 11.8 Å². The van der Waals surface area contributed by atoms with Gasteiger partial charge in [-0.1, -0.05) is 34.1 Å². The molecule has 4 heterocycles. The number of hydrogen-bond donors (Lipinski definition) is 5. The Morgan fingerprint density at radius 1 is 1.02 bits per heavy atom. The van der Waals surface area contributed by atoms with Crippen molar-refractivity contribution in [1.29, 1.82) is 0 Å². The fourth-order valence-electron chi connectivity index (χ4n) is 9.41. The first kappa shape index (κ1) is 44.7. The number of hydrogen-bond acceptors (Lipinski definition) is 14. The first-order valence-corrected chi connectivity index (χ1v) is 23.2. The lowest BCUT2D eigenvalue weighted by molar-refractivity contribution is -0.146. The van der Waals surface area contributed by atoms with Crippen LogP contribution in [0, 0.1) is 23.2 Å². The number of carboxylic acid groups (broad SMARTS) is 1. The van der Waals surface area contributed by atoms with Crippen LogP contribution in [0.2, 0.25) is 0 Å². The molecular weight excluding hydrogens is 831 g/mol. The van der Waals surface area contributed by atoms with Crippen LogP contribution < -0.4 is 25.4 Å². The number of fused-ring (bicyclic) bond motifs is 2. The van der Waals surface area contributed by atoms with E-state index in [0.717, 1.165) is 25.9 Å². The van der Waals surface area contributed by atoms with Gasteiger partial charge in [-0.05, 0) is 74.8 Å². The molecule has 5 fully saturated rings. The predicted octanol–water partition coefficient (Wildman–Crippen LogP) is 5.25. The summed E-state index contributed by atoms with van der Waals surface area (Å²) in [5.74, 6) is -0.909. The molecule has 0 spiro atoms. The van der Waals surface area contributed by atoms with Gasteiger partial charge < -0.3 is 50.0 Å². The predicted molar refractivity (Wildman–Crippen MR) is 235 cm³/mol. The van der Waals surface area contributed by atoms with E-state index >= 15 is 0 Å². The third-order valence-electron chi connectivity index (χ3n) is 13.1. The Balaban J connectivity index is 1.09. The molecule has 3 amide bonds. The highest BCUT2D eigenvalue weighted by atomic mass is 32.1. The van der Waals surface area contributed by atoms with Crippen LogP contribution >= 0.6 is 11.3 Å². The topological polar surface area (TPSA) is 214 Å². The number of phenols is 1. The van der Waals surface area contributed by atoms with Crippen LogP contribution in [0.4, 0.5) is 9.93 Å². The molecule has 5 N–H and O–H groups in total. The zero-order chi connectivity index (χ0) is 44.8. The van der Waals surface area contributed by atoms with Gasteiger partial charge in [-0.3, -0.25) is 14.5 Å². The maximum atomic E-state index is 14.8. The number of phenolic OH excluding ortho intramolecular Hbond substituents is 1. The van der Waals surface area contributed by atoms with Crippen molar-refractivity contribution in [3.63, 3.8) is 0 Å². The zero-order valence-electron chi connectivity index (χ0n) is 37.0. The highest BCUT2D eigenvalue weighted by molar-refractivity contribution is 7.14. The monoisotopic (exact) mass is 891 g/mol. The molecule has 8 atom stereocenters. The fraction of sp³-hybridized carbons (Fsp3) is 0.644. The maximum Gasteiger partial charge on any atom is 0.408 e. The standard InChI is InChI=1S/C45H61N7O10S/c1-7-27-21-45(27,41(56)57)50-39(54)33-19-29(22-52(33)40(55)38(44(4,5)6)49-43(58)62-28-17-25-16-26(25)18-28)61-35-20-31(32-23-63-42(48-32)46-24(2)3)47-36-30(35)8-9-34(37(36)53)60-15-12-51-10-13-59-14-11-51/h8-9,20,23-29,33,38,53H,7,10-19,21-22H2,1-6H3,(H,46,48)(H,49,58)(H,50,54)(H,56,57)/t25-,26+,27-,28+,29-,33+,38-,45?/m1/s1. The second kappa shape index (κ2) is 17.9. The first-order valence-electron chi connectivity index (χ1n) is 22.3. The van der Waals surface area contributed by atoms with Crippen molar-refractivity contribution in [2.75, 3.05) is 51.3 Å².